The fourth-order valence-corrected chi connectivity index (χ4v) is 1.85. The van der Waals surface area contributed by atoms with Gasteiger partial charge in [-0.25, -0.2) is 4.39 Å². The number of hydrogen-bond acceptors (Lipinski definition) is 3. The van der Waals surface area contributed by atoms with Gasteiger partial charge in [-0.15, -0.1) is 0 Å². The molecule has 18 heavy (non-hydrogen) atoms. The summed E-state index contributed by atoms with van der Waals surface area (Å²) in [5.41, 5.74) is 0.157. The molecule has 0 saturated heterocycles. The number of carbonyl (C=O) groups excluding carboxylic acids is 1. The summed E-state index contributed by atoms with van der Waals surface area (Å²) in [5, 5.41) is 9.95. The summed E-state index contributed by atoms with van der Waals surface area (Å²) in [4.78, 5) is 11.5. The Kier molecular flexibility index (Phi) is 3.97. The molecule has 1 fully saturated rings. The highest BCUT2D eigenvalue weighted by Gasteiger charge is 2.28. The second-order valence-electron chi connectivity index (χ2n) is 4.81. The lowest BCUT2D eigenvalue weighted by molar-refractivity contribution is -0.154. The molecule has 2 rings (SSSR count). The van der Waals surface area contributed by atoms with Crippen LogP contribution in [-0.2, 0) is 9.53 Å². The highest BCUT2D eigenvalue weighted by molar-refractivity contribution is 5.70. The van der Waals surface area contributed by atoms with Gasteiger partial charge in [-0.2, -0.15) is 0 Å². The van der Waals surface area contributed by atoms with Crippen molar-refractivity contribution in [3.8, 4) is 0 Å². The number of hydrogen-bond donors (Lipinski definition) is 1. The highest BCUT2D eigenvalue weighted by atomic mass is 19.1. The Labute approximate surface area is 106 Å². The highest BCUT2D eigenvalue weighted by Crippen LogP contribution is 2.33. The Balaban J connectivity index is 1.93. The van der Waals surface area contributed by atoms with E-state index in [9.17, 15) is 14.3 Å². The van der Waals surface area contributed by atoms with Crippen molar-refractivity contribution in [3.05, 3.63) is 35.6 Å². The van der Waals surface area contributed by atoms with Crippen LogP contribution in [0.5, 0.6) is 0 Å². The summed E-state index contributed by atoms with van der Waals surface area (Å²) in [6, 6.07) is 5.96. The van der Waals surface area contributed by atoms with Gasteiger partial charge in [0.1, 0.15) is 18.0 Å². The van der Waals surface area contributed by atoms with Gasteiger partial charge in [0, 0.05) is 12.0 Å². The lowest BCUT2D eigenvalue weighted by Gasteiger charge is -2.20. The van der Waals surface area contributed by atoms with Crippen molar-refractivity contribution in [2.24, 2.45) is 5.92 Å². The predicted octanol–water partition coefficient (Wildman–Crippen LogP) is 2.59. The Bertz CT molecular complexity index is 429. The first kappa shape index (κ1) is 13.0. The van der Waals surface area contributed by atoms with Gasteiger partial charge in [-0.3, -0.25) is 4.79 Å². The third kappa shape index (κ3) is 3.29. The fourth-order valence-electron chi connectivity index (χ4n) is 1.85. The van der Waals surface area contributed by atoms with E-state index in [0.717, 1.165) is 12.8 Å². The normalized spacial score (nSPS) is 18.2. The van der Waals surface area contributed by atoms with E-state index in [2.05, 4.69) is 0 Å². The van der Waals surface area contributed by atoms with Gasteiger partial charge in [-0.05, 0) is 31.7 Å². The molecule has 1 aliphatic carbocycles. The molecule has 0 amide bonds. The topological polar surface area (TPSA) is 46.5 Å². The molecule has 3 nitrogen and oxygen atoms in total. The zero-order chi connectivity index (χ0) is 13.1. The van der Waals surface area contributed by atoms with Gasteiger partial charge < -0.3 is 9.84 Å². The largest absolute Gasteiger partial charge is 0.460 e. The van der Waals surface area contributed by atoms with E-state index in [0.29, 0.717) is 12.3 Å². The first-order valence-electron chi connectivity index (χ1n) is 6.20. The first-order chi connectivity index (χ1) is 8.58. The number of aliphatic hydroxyl groups excluding tert-OH is 1. The predicted molar refractivity (Wildman–Crippen MR) is 64.3 cm³/mol. The van der Waals surface area contributed by atoms with Crippen LogP contribution in [0.25, 0.3) is 0 Å². The van der Waals surface area contributed by atoms with Crippen molar-refractivity contribution in [2.75, 3.05) is 0 Å². The molecule has 0 bridgehead atoms. The molecule has 2 atom stereocenters. The molecule has 4 heteroatoms. The summed E-state index contributed by atoms with van der Waals surface area (Å²) in [5.74, 6) is -0.370. The molecular weight excluding hydrogens is 235 g/mol. The van der Waals surface area contributed by atoms with Gasteiger partial charge in [0.25, 0.3) is 0 Å². The zero-order valence-corrected chi connectivity index (χ0v) is 10.3. The van der Waals surface area contributed by atoms with E-state index in [4.69, 9.17) is 4.74 Å². The minimum absolute atomic E-state index is 0.157. The quantitative estimate of drug-likeness (QED) is 0.819. The molecule has 0 radical (unpaired) electrons. The van der Waals surface area contributed by atoms with Gasteiger partial charge in [0.05, 0.1) is 0 Å². The Hall–Kier alpha value is -1.42. The van der Waals surface area contributed by atoms with Gasteiger partial charge in [-0.1, -0.05) is 18.2 Å². The number of aliphatic hydroxyl groups is 1. The first-order valence-corrected chi connectivity index (χ1v) is 6.20. The lowest BCUT2D eigenvalue weighted by atomic mass is 10.0. The molecule has 1 aromatic carbocycles. The summed E-state index contributed by atoms with van der Waals surface area (Å²) in [6.45, 7) is 1.57. The number of ether oxygens (including phenoxy) is 1. The molecule has 1 aromatic rings. The Morgan fingerprint density at radius 2 is 2.17 bits per heavy atom. The van der Waals surface area contributed by atoms with Crippen LogP contribution in [-0.4, -0.2) is 17.2 Å². The maximum atomic E-state index is 13.5. The van der Waals surface area contributed by atoms with E-state index in [1.54, 1.807) is 19.1 Å². The average molecular weight is 252 g/mol. The molecule has 0 aliphatic heterocycles. The third-order valence-corrected chi connectivity index (χ3v) is 3.14. The van der Waals surface area contributed by atoms with Crippen molar-refractivity contribution < 1.29 is 19.0 Å². The van der Waals surface area contributed by atoms with Crippen LogP contribution in [0.15, 0.2) is 24.3 Å². The zero-order valence-electron chi connectivity index (χ0n) is 10.3. The minimum Gasteiger partial charge on any atom is -0.460 e. The van der Waals surface area contributed by atoms with E-state index in [1.807, 2.05) is 0 Å². The summed E-state index contributed by atoms with van der Waals surface area (Å²) < 4.78 is 18.6. The van der Waals surface area contributed by atoms with Crippen molar-refractivity contribution in [3.63, 3.8) is 0 Å². The molecular formula is C14H17FO3. The van der Waals surface area contributed by atoms with Crippen molar-refractivity contribution >= 4 is 5.97 Å². The Morgan fingerprint density at radius 3 is 2.78 bits per heavy atom. The molecule has 0 spiro atoms. The van der Waals surface area contributed by atoms with Crippen LogP contribution in [0.2, 0.25) is 0 Å². The van der Waals surface area contributed by atoms with Crippen molar-refractivity contribution in [1.29, 1.82) is 0 Å². The monoisotopic (exact) mass is 252 g/mol. The van der Waals surface area contributed by atoms with E-state index in [-0.39, 0.29) is 11.5 Å². The Morgan fingerprint density at radius 1 is 1.50 bits per heavy atom. The fraction of sp³-hybridized carbons (Fsp3) is 0.500. The van der Waals surface area contributed by atoms with Crippen LogP contribution in [0.3, 0.4) is 0 Å². The number of carbonyl (C=O) groups is 1. The second kappa shape index (κ2) is 5.48. The van der Waals surface area contributed by atoms with Gasteiger partial charge in [0.2, 0.25) is 0 Å². The van der Waals surface area contributed by atoms with Gasteiger partial charge in [0.15, 0.2) is 0 Å². The third-order valence-electron chi connectivity index (χ3n) is 3.14. The van der Waals surface area contributed by atoms with Crippen LogP contribution >= 0.6 is 0 Å². The van der Waals surface area contributed by atoms with E-state index in [1.165, 1.54) is 12.1 Å². The molecule has 0 heterocycles. The summed E-state index contributed by atoms with van der Waals surface area (Å²) >= 11 is 0. The maximum absolute atomic E-state index is 13.5. The van der Waals surface area contributed by atoms with E-state index < -0.39 is 18.0 Å². The number of halogens is 1. The summed E-state index contributed by atoms with van der Waals surface area (Å²) in [6.07, 6.45) is 0.662. The maximum Gasteiger partial charge on any atom is 0.306 e. The number of benzene rings is 1. The van der Waals surface area contributed by atoms with Crippen LogP contribution < -0.4 is 0 Å². The van der Waals surface area contributed by atoms with Crippen molar-refractivity contribution in [2.45, 2.75) is 38.4 Å². The summed E-state index contributed by atoms with van der Waals surface area (Å²) in [7, 11) is 0. The minimum atomic E-state index is -1.13. The van der Waals surface area contributed by atoms with Gasteiger partial charge >= 0.3 is 5.97 Å². The van der Waals surface area contributed by atoms with Crippen LogP contribution in [0.4, 0.5) is 4.39 Å². The molecule has 0 unspecified atom stereocenters. The molecule has 1 aliphatic rings. The average Bonchev–Trinajstić information content (AvgIpc) is 3.12. The number of rotatable bonds is 5. The van der Waals surface area contributed by atoms with E-state index >= 15 is 0 Å². The van der Waals surface area contributed by atoms with Crippen molar-refractivity contribution in [1.82, 2.24) is 0 Å². The molecule has 98 valence electrons. The standard InChI is InChI=1S/C14H17FO3/c1-9(18-13(16)8-10-6-7-10)14(17)11-4-2-3-5-12(11)15/h2-5,9-10,14,17H,6-8H2,1H3/t9-,14+/m0/s1. The number of esters is 1. The SMILES string of the molecule is C[C@H](OC(=O)CC1CC1)[C@@H](O)c1ccccc1F. The molecule has 0 aromatic heterocycles. The van der Waals surface area contributed by atoms with Crippen LogP contribution in [0, 0.1) is 11.7 Å². The van der Waals surface area contributed by atoms with Crippen LogP contribution in [0.1, 0.15) is 37.9 Å². The smallest absolute Gasteiger partial charge is 0.306 e. The molecule has 1 N–H and O–H groups in total. The lowest BCUT2D eigenvalue weighted by Crippen LogP contribution is -2.23. The second-order valence-corrected chi connectivity index (χ2v) is 4.81. The molecule has 1 saturated carbocycles.